The molecule has 0 aliphatic heterocycles. The lowest BCUT2D eigenvalue weighted by atomic mass is 10.2. The van der Waals surface area contributed by atoms with Crippen LogP contribution in [0.15, 0.2) is 18.2 Å². The quantitative estimate of drug-likeness (QED) is 0.618. The van der Waals surface area contributed by atoms with Gasteiger partial charge < -0.3 is 14.6 Å². The number of carbonyl (C=O) groups is 2. The van der Waals surface area contributed by atoms with Crippen molar-refractivity contribution in [2.45, 2.75) is 26.4 Å². The molecule has 0 radical (unpaired) electrons. The summed E-state index contributed by atoms with van der Waals surface area (Å²) in [6, 6.07) is 4.24. The monoisotopic (exact) mass is 252 g/mol. The summed E-state index contributed by atoms with van der Waals surface area (Å²) in [7, 11) is 0. The van der Waals surface area contributed by atoms with Crippen LogP contribution in [0.3, 0.4) is 0 Å². The van der Waals surface area contributed by atoms with Crippen molar-refractivity contribution in [1.82, 2.24) is 0 Å². The highest BCUT2D eigenvalue weighted by atomic mass is 16.6. The molecule has 1 atom stereocenters. The zero-order chi connectivity index (χ0) is 13.5. The fourth-order valence-electron chi connectivity index (χ4n) is 1.39. The van der Waals surface area contributed by atoms with Gasteiger partial charge in [-0.25, -0.2) is 4.79 Å². The van der Waals surface area contributed by atoms with Gasteiger partial charge in [-0.15, -0.1) is 0 Å². The Morgan fingerprint density at radius 2 is 2.17 bits per heavy atom. The summed E-state index contributed by atoms with van der Waals surface area (Å²) in [6.07, 6.45) is 0.281. The number of phenolic OH excluding ortho intramolecular Hbond substituents is 1. The highest BCUT2D eigenvalue weighted by molar-refractivity contribution is 5.79. The zero-order valence-corrected chi connectivity index (χ0v) is 10.4. The van der Waals surface area contributed by atoms with Crippen molar-refractivity contribution in [1.29, 1.82) is 0 Å². The van der Waals surface area contributed by atoms with Crippen LogP contribution in [-0.4, -0.2) is 30.1 Å². The van der Waals surface area contributed by atoms with E-state index in [0.717, 1.165) is 0 Å². The molecular weight excluding hydrogens is 236 g/mol. The predicted molar refractivity (Wildman–Crippen MR) is 64.8 cm³/mol. The summed E-state index contributed by atoms with van der Waals surface area (Å²) in [5.41, 5.74) is 0.173. The number of ether oxygens (including phenoxy) is 2. The van der Waals surface area contributed by atoms with E-state index in [9.17, 15) is 14.7 Å². The minimum Gasteiger partial charge on any atom is -0.507 e. The topological polar surface area (TPSA) is 72.8 Å². The average Bonchev–Trinajstić information content (AvgIpc) is 2.36. The third-order valence-corrected chi connectivity index (χ3v) is 2.33. The number of phenols is 1. The maximum atomic E-state index is 11.5. The van der Waals surface area contributed by atoms with E-state index >= 15 is 0 Å². The summed E-state index contributed by atoms with van der Waals surface area (Å²) in [6.45, 7) is 3.80. The van der Waals surface area contributed by atoms with Crippen molar-refractivity contribution < 1.29 is 24.2 Å². The lowest BCUT2D eigenvalue weighted by Gasteiger charge is -2.16. The maximum absolute atomic E-state index is 11.5. The first-order valence-corrected chi connectivity index (χ1v) is 5.73. The molecule has 18 heavy (non-hydrogen) atoms. The Morgan fingerprint density at radius 3 is 2.67 bits per heavy atom. The van der Waals surface area contributed by atoms with Crippen LogP contribution in [0.2, 0.25) is 0 Å². The van der Waals surface area contributed by atoms with Gasteiger partial charge in [0.1, 0.15) is 11.5 Å². The van der Waals surface area contributed by atoms with E-state index in [1.54, 1.807) is 13.8 Å². The lowest BCUT2D eigenvalue weighted by molar-refractivity contribution is -0.151. The van der Waals surface area contributed by atoms with Crippen LogP contribution in [0.4, 0.5) is 0 Å². The van der Waals surface area contributed by atoms with E-state index in [0.29, 0.717) is 18.5 Å². The normalized spacial score (nSPS) is 11.7. The molecule has 0 amide bonds. The van der Waals surface area contributed by atoms with Gasteiger partial charge in [-0.3, -0.25) is 4.79 Å². The van der Waals surface area contributed by atoms with E-state index < -0.39 is 12.1 Å². The van der Waals surface area contributed by atoms with Crippen LogP contribution >= 0.6 is 0 Å². The van der Waals surface area contributed by atoms with E-state index in [2.05, 4.69) is 0 Å². The standard InChI is InChI=1S/C13H16O5/c1-3-12(13(16)17-4-2)18-10-6-5-9(8-14)11(15)7-10/h5-8,12,15H,3-4H2,1-2H3. The number of benzene rings is 1. The molecule has 1 N–H and O–H groups in total. The molecule has 1 aromatic rings. The van der Waals surface area contributed by atoms with Crippen molar-refractivity contribution in [2.24, 2.45) is 0 Å². The Labute approximate surface area is 105 Å². The SMILES string of the molecule is CCOC(=O)C(CC)Oc1ccc(C=O)c(O)c1. The lowest BCUT2D eigenvalue weighted by Crippen LogP contribution is -2.28. The Balaban J connectivity index is 2.79. The van der Waals surface area contributed by atoms with Gasteiger partial charge in [-0.05, 0) is 25.5 Å². The summed E-state index contributed by atoms with van der Waals surface area (Å²) < 4.78 is 10.3. The van der Waals surface area contributed by atoms with Crippen LogP contribution in [0, 0.1) is 0 Å². The first-order chi connectivity index (χ1) is 8.62. The smallest absolute Gasteiger partial charge is 0.347 e. The van der Waals surface area contributed by atoms with Crippen LogP contribution < -0.4 is 4.74 Å². The predicted octanol–water partition coefficient (Wildman–Crippen LogP) is 1.93. The molecule has 0 bridgehead atoms. The molecule has 1 aromatic carbocycles. The second-order valence-corrected chi connectivity index (χ2v) is 3.61. The molecule has 0 aromatic heterocycles. The fraction of sp³-hybridized carbons (Fsp3) is 0.385. The van der Waals surface area contributed by atoms with Gasteiger partial charge in [0.2, 0.25) is 0 Å². The van der Waals surface area contributed by atoms with Gasteiger partial charge >= 0.3 is 5.97 Å². The molecule has 0 aliphatic carbocycles. The Hall–Kier alpha value is -2.04. The molecule has 0 spiro atoms. The summed E-state index contributed by atoms with van der Waals surface area (Å²) in [5.74, 6) is -0.307. The number of aromatic hydroxyl groups is 1. The summed E-state index contributed by atoms with van der Waals surface area (Å²) in [5, 5.41) is 9.49. The fourth-order valence-corrected chi connectivity index (χ4v) is 1.39. The third kappa shape index (κ3) is 3.48. The van der Waals surface area contributed by atoms with Crippen LogP contribution in [-0.2, 0) is 9.53 Å². The van der Waals surface area contributed by atoms with Crippen LogP contribution in [0.5, 0.6) is 11.5 Å². The van der Waals surface area contributed by atoms with E-state index in [4.69, 9.17) is 9.47 Å². The number of hydrogen-bond donors (Lipinski definition) is 1. The molecule has 1 unspecified atom stereocenters. The summed E-state index contributed by atoms with van der Waals surface area (Å²) >= 11 is 0. The van der Waals surface area contributed by atoms with Gasteiger partial charge in [0, 0.05) is 6.07 Å². The van der Waals surface area contributed by atoms with E-state index in [1.807, 2.05) is 0 Å². The molecule has 0 saturated heterocycles. The minimum absolute atomic E-state index is 0.173. The first-order valence-electron chi connectivity index (χ1n) is 5.73. The van der Waals surface area contributed by atoms with Crippen molar-refractivity contribution in [3.05, 3.63) is 23.8 Å². The first kappa shape index (κ1) is 14.0. The second kappa shape index (κ2) is 6.64. The summed E-state index contributed by atoms with van der Waals surface area (Å²) in [4.78, 5) is 22.1. The number of hydrogen-bond acceptors (Lipinski definition) is 5. The maximum Gasteiger partial charge on any atom is 0.347 e. The molecule has 0 aliphatic rings. The average molecular weight is 252 g/mol. The molecule has 1 rings (SSSR count). The second-order valence-electron chi connectivity index (χ2n) is 3.61. The van der Waals surface area contributed by atoms with Crippen LogP contribution in [0.1, 0.15) is 30.6 Å². The number of rotatable bonds is 6. The Kier molecular flexibility index (Phi) is 5.17. The molecular formula is C13H16O5. The van der Waals surface area contributed by atoms with Gasteiger partial charge in [0.15, 0.2) is 12.4 Å². The minimum atomic E-state index is -0.716. The van der Waals surface area contributed by atoms with Crippen LogP contribution in [0.25, 0.3) is 0 Å². The van der Waals surface area contributed by atoms with E-state index in [-0.39, 0.29) is 17.9 Å². The van der Waals surface area contributed by atoms with E-state index in [1.165, 1.54) is 18.2 Å². The van der Waals surface area contributed by atoms with Crippen molar-refractivity contribution in [3.8, 4) is 11.5 Å². The molecule has 0 heterocycles. The molecule has 0 fully saturated rings. The van der Waals surface area contributed by atoms with Gasteiger partial charge in [-0.2, -0.15) is 0 Å². The zero-order valence-electron chi connectivity index (χ0n) is 10.4. The third-order valence-electron chi connectivity index (χ3n) is 2.33. The molecule has 0 saturated carbocycles. The Bertz CT molecular complexity index is 427. The van der Waals surface area contributed by atoms with Crippen molar-refractivity contribution in [3.63, 3.8) is 0 Å². The number of aldehydes is 1. The molecule has 5 heteroatoms. The van der Waals surface area contributed by atoms with Crippen molar-refractivity contribution >= 4 is 12.3 Å². The highest BCUT2D eigenvalue weighted by Crippen LogP contribution is 2.23. The van der Waals surface area contributed by atoms with Gasteiger partial charge in [0.05, 0.1) is 12.2 Å². The number of esters is 1. The number of carbonyl (C=O) groups excluding carboxylic acids is 2. The molecule has 98 valence electrons. The van der Waals surface area contributed by atoms with Crippen molar-refractivity contribution in [2.75, 3.05) is 6.61 Å². The highest BCUT2D eigenvalue weighted by Gasteiger charge is 2.19. The Morgan fingerprint density at radius 1 is 1.44 bits per heavy atom. The molecule has 5 nitrogen and oxygen atoms in total. The largest absolute Gasteiger partial charge is 0.507 e. The van der Waals surface area contributed by atoms with Gasteiger partial charge in [0.25, 0.3) is 0 Å². The van der Waals surface area contributed by atoms with Gasteiger partial charge in [-0.1, -0.05) is 6.92 Å².